The van der Waals surface area contributed by atoms with Crippen LogP contribution in [-0.4, -0.2) is 53.1 Å². The first-order valence-corrected chi connectivity index (χ1v) is 9.01. The lowest BCUT2D eigenvalue weighted by molar-refractivity contribution is 0.514. The van der Waals surface area contributed by atoms with Crippen LogP contribution in [0.3, 0.4) is 0 Å². The number of nitrogens with zero attached hydrogens (tertiary/aromatic N) is 4. The van der Waals surface area contributed by atoms with Gasteiger partial charge in [0.2, 0.25) is 17.8 Å². The zero-order valence-corrected chi connectivity index (χ0v) is 13.5. The van der Waals surface area contributed by atoms with E-state index in [4.69, 9.17) is 0 Å². The third-order valence-corrected chi connectivity index (χ3v) is 5.17. The maximum absolute atomic E-state index is 4.60. The van der Waals surface area contributed by atoms with Gasteiger partial charge in [-0.2, -0.15) is 26.7 Å². The van der Waals surface area contributed by atoms with Gasteiger partial charge in [0.05, 0.1) is 0 Å². The highest BCUT2D eigenvalue weighted by molar-refractivity contribution is 7.99. The number of anilines is 3. The zero-order valence-electron chi connectivity index (χ0n) is 12.6. The van der Waals surface area contributed by atoms with E-state index in [9.17, 15) is 0 Å². The number of rotatable bonds is 5. The molecule has 0 aliphatic carbocycles. The van der Waals surface area contributed by atoms with Crippen LogP contribution in [0.1, 0.15) is 25.7 Å². The van der Waals surface area contributed by atoms with Crippen LogP contribution in [0.2, 0.25) is 0 Å². The Labute approximate surface area is 130 Å². The molecule has 1 aromatic rings. The standard InChI is InChI=1S/C14H24N6S/c1-15-12-17-13(16-10-11-4-8-21-9-5-11)19-14(18-12)20-6-2-3-7-20/h11H,2-10H2,1H3,(H2,15,16,17,18,19). The third kappa shape index (κ3) is 3.90. The number of hydrogen-bond acceptors (Lipinski definition) is 7. The molecule has 0 radical (unpaired) electrons. The second kappa shape index (κ2) is 7.15. The monoisotopic (exact) mass is 308 g/mol. The van der Waals surface area contributed by atoms with Gasteiger partial charge in [0.1, 0.15) is 0 Å². The highest BCUT2D eigenvalue weighted by Gasteiger charge is 2.18. The van der Waals surface area contributed by atoms with Crippen molar-refractivity contribution in [1.29, 1.82) is 0 Å². The molecule has 0 atom stereocenters. The Bertz CT molecular complexity index is 457. The molecule has 1 aromatic heterocycles. The molecule has 0 amide bonds. The van der Waals surface area contributed by atoms with E-state index in [-0.39, 0.29) is 0 Å². The first kappa shape index (κ1) is 14.7. The second-order valence-electron chi connectivity index (χ2n) is 5.66. The maximum atomic E-state index is 4.60. The fourth-order valence-corrected chi connectivity index (χ4v) is 4.00. The van der Waals surface area contributed by atoms with Crippen molar-refractivity contribution >= 4 is 29.6 Å². The highest BCUT2D eigenvalue weighted by atomic mass is 32.2. The molecule has 0 saturated carbocycles. The van der Waals surface area contributed by atoms with Crippen LogP contribution >= 0.6 is 11.8 Å². The summed E-state index contributed by atoms with van der Waals surface area (Å²) < 4.78 is 0. The van der Waals surface area contributed by atoms with Crippen LogP contribution in [0.25, 0.3) is 0 Å². The van der Waals surface area contributed by atoms with Crippen molar-refractivity contribution in [2.45, 2.75) is 25.7 Å². The average Bonchev–Trinajstić information content (AvgIpc) is 3.08. The fraction of sp³-hybridized carbons (Fsp3) is 0.786. The Morgan fingerprint density at radius 2 is 1.81 bits per heavy atom. The van der Waals surface area contributed by atoms with E-state index in [0.29, 0.717) is 11.9 Å². The summed E-state index contributed by atoms with van der Waals surface area (Å²) in [5, 5.41) is 6.45. The minimum Gasteiger partial charge on any atom is -0.357 e. The lowest BCUT2D eigenvalue weighted by Gasteiger charge is -2.22. The van der Waals surface area contributed by atoms with Gasteiger partial charge in [-0.15, -0.1) is 0 Å². The molecule has 0 spiro atoms. The van der Waals surface area contributed by atoms with Crippen molar-refractivity contribution in [2.75, 3.05) is 53.7 Å². The minimum absolute atomic E-state index is 0.647. The number of aromatic nitrogens is 3. The van der Waals surface area contributed by atoms with Gasteiger partial charge in [0.25, 0.3) is 0 Å². The van der Waals surface area contributed by atoms with Crippen LogP contribution in [0.4, 0.5) is 17.8 Å². The molecular formula is C14H24N6S. The predicted octanol–water partition coefficient (Wildman–Crippen LogP) is 2.07. The molecule has 2 saturated heterocycles. The van der Waals surface area contributed by atoms with E-state index < -0.39 is 0 Å². The van der Waals surface area contributed by atoms with Gasteiger partial charge in [-0.3, -0.25) is 0 Å². The zero-order chi connectivity index (χ0) is 14.5. The molecule has 3 rings (SSSR count). The lowest BCUT2D eigenvalue weighted by atomic mass is 10.0. The van der Waals surface area contributed by atoms with Crippen molar-refractivity contribution in [3.05, 3.63) is 0 Å². The molecule has 2 fully saturated rings. The van der Waals surface area contributed by atoms with E-state index in [1.165, 1.54) is 37.2 Å². The van der Waals surface area contributed by atoms with Crippen LogP contribution < -0.4 is 15.5 Å². The summed E-state index contributed by atoms with van der Waals surface area (Å²) >= 11 is 2.06. The first-order chi connectivity index (χ1) is 10.3. The van der Waals surface area contributed by atoms with Crippen molar-refractivity contribution in [1.82, 2.24) is 15.0 Å². The van der Waals surface area contributed by atoms with E-state index in [2.05, 4.69) is 42.2 Å². The number of nitrogens with one attached hydrogen (secondary N) is 2. The molecule has 2 N–H and O–H groups in total. The summed E-state index contributed by atoms with van der Waals surface area (Å²) in [4.78, 5) is 15.7. The van der Waals surface area contributed by atoms with Gasteiger partial charge >= 0.3 is 0 Å². The maximum Gasteiger partial charge on any atom is 0.231 e. The lowest BCUT2D eigenvalue weighted by Crippen LogP contribution is -2.24. The molecule has 2 aliphatic heterocycles. The third-order valence-electron chi connectivity index (χ3n) is 4.13. The molecule has 0 unspecified atom stereocenters. The van der Waals surface area contributed by atoms with Crippen LogP contribution in [0.5, 0.6) is 0 Å². The Hall–Kier alpha value is -1.24. The van der Waals surface area contributed by atoms with Crippen molar-refractivity contribution in [2.24, 2.45) is 5.92 Å². The Kier molecular flexibility index (Phi) is 5.00. The van der Waals surface area contributed by atoms with Crippen LogP contribution in [-0.2, 0) is 0 Å². The number of hydrogen-bond donors (Lipinski definition) is 2. The molecule has 21 heavy (non-hydrogen) atoms. The van der Waals surface area contributed by atoms with Crippen LogP contribution in [0, 0.1) is 5.92 Å². The van der Waals surface area contributed by atoms with Gasteiger partial charge in [0.15, 0.2) is 0 Å². The van der Waals surface area contributed by atoms with E-state index in [1.807, 2.05) is 7.05 Å². The Morgan fingerprint density at radius 3 is 2.52 bits per heavy atom. The quantitative estimate of drug-likeness (QED) is 0.863. The van der Waals surface area contributed by atoms with E-state index in [1.54, 1.807) is 0 Å². The molecule has 2 aliphatic rings. The summed E-state index contributed by atoms with van der Waals surface area (Å²) in [6.07, 6.45) is 5.04. The minimum atomic E-state index is 0.647. The smallest absolute Gasteiger partial charge is 0.231 e. The molecule has 0 aromatic carbocycles. The molecule has 0 bridgehead atoms. The summed E-state index contributed by atoms with van der Waals surface area (Å²) in [5.74, 6) is 5.46. The summed E-state index contributed by atoms with van der Waals surface area (Å²) in [7, 11) is 1.85. The molecular weight excluding hydrogens is 284 g/mol. The molecule has 7 heteroatoms. The normalized spacial score (nSPS) is 19.8. The Morgan fingerprint density at radius 1 is 1.10 bits per heavy atom. The summed E-state index contributed by atoms with van der Waals surface area (Å²) in [6, 6.07) is 0. The van der Waals surface area contributed by atoms with Crippen molar-refractivity contribution < 1.29 is 0 Å². The predicted molar refractivity (Wildman–Crippen MR) is 89.4 cm³/mol. The largest absolute Gasteiger partial charge is 0.357 e. The number of thioether (sulfide) groups is 1. The topological polar surface area (TPSA) is 66.0 Å². The van der Waals surface area contributed by atoms with Crippen molar-refractivity contribution in [3.63, 3.8) is 0 Å². The molecule has 6 nitrogen and oxygen atoms in total. The van der Waals surface area contributed by atoms with Gasteiger partial charge in [-0.25, -0.2) is 0 Å². The van der Waals surface area contributed by atoms with Gasteiger partial charge in [0, 0.05) is 26.7 Å². The van der Waals surface area contributed by atoms with E-state index in [0.717, 1.165) is 31.5 Å². The fourth-order valence-electron chi connectivity index (χ4n) is 2.80. The Balaban J connectivity index is 1.66. The summed E-state index contributed by atoms with van der Waals surface area (Å²) in [6.45, 7) is 3.06. The SMILES string of the molecule is CNc1nc(NCC2CCSCC2)nc(N2CCCC2)n1. The molecule has 3 heterocycles. The van der Waals surface area contributed by atoms with Gasteiger partial charge in [-0.1, -0.05) is 0 Å². The first-order valence-electron chi connectivity index (χ1n) is 7.85. The van der Waals surface area contributed by atoms with Crippen LogP contribution in [0.15, 0.2) is 0 Å². The molecule has 116 valence electrons. The van der Waals surface area contributed by atoms with E-state index >= 15 is 0 Å². The average molecular weight is 308 g/mol. The summed E-state index contributed by atoms with van der Waals surface area (Å²) in [5.41, 5.74) is 0. The van der Waals surface area contributed by atoms with Gasteiger partial charge in [-0.05, 0) is 43.1 Å². The van der Waals surface area contributed by atoms with Gasteiger partial charge < -0.3 is 15.5 Å². The second-order valence-corrected chi connectivity index (χ2v) is 6.89. The van der Waals surface area contributed by atoms with Crippen molar-refractivity contribution in [3.8, 4) is 0 Å². The highest BCUT2D eigenvalue weighted by Crippen LogP contribution is 2.23.